The summed E-state index contributed by atoms with van der Waals surface area (Å²) in [5, 5.41) is 29.0. The van der Waals surface area contributed by atoms with Gasteiger partial charge in [0.05, 0.1) is 25.6 Å². The van der Waals surface area contributed by atoms with Crippen molar-refractivity contribution in [2.75, 3.05) is 13.2 Å². The number of phenols is 2. The largest absolute Gasteiger partial charge is 0.507 e. The van der Waals surface area contributed by atoms with Crippen molar-refractivity contribution in [1.29, 1.82) is 0 Å². The molecule has 0 unspecified atom stereocenters. The van der Waals surface area contributed by atoms with Crippen molar-refractivity contribution in [2.24, 2.45) is 10.2 Å². The lowest BCUT2D eigenvalue weighted by molar-refractivity contribution is 0.302. The molecule has 294 valence electrons. The summed E-state index contributed by atoms with van der Waals surface area (Å²) < 4.78 is 11.7. The lowest BCUT2D eigenvalue weighted by Gasteiger charge is -2.08. The van der Waals surface area contributed by atoms with Gasteiger partial charge in [0, 0.05) is 23.3 Å². The van der Waals surface area contributed by atoms with E-state index in [2.05, 4.69) is 24.1 Å². The molecular weight excluding hydrogens is 645 g/mol. The van der Waals surface area contributed by atoms with Crippen LogP contribution in [0.4, 0.5) is 0 Å². The Morgan fingerprint density at radius 2 is 0.673 bits per heavy atom. The SMILES string of the molecule is CCCCCCCCCCCCCCCCOc1ccc(/C=N/N=C/c2ccc(OCCCCCCCCCCCCCCCC)cc2O)c(O)c1. The minimum absolute atomic E-state index is 0.0977. The molecule has 0 radical (unpaired) electrons. The van der Waals surface area contributed by atoms with Crippen LogP contribution in [-0.4, -0.2) is 35.9 Å². The second-order valence-corrected chi connectivity index (χ2v) is 14.8. The number of phenolic OH excluding ortho intramolecular Hbond substituents is 2. The van der Waals surface area contributed by atoms with E-state index < -0.39 is 0 Å². The third-order valence-electron chi connectivity index (χ3n) is 10.00. The molecule has 0 aromatic heterocycles. The number of nitrogens with zero attached hydrogens (tertiary/aromatic N) is 2. The van der Waals surface area contributed by atoms with E-state index in [1.165, 1.54) is 179 Å². The normalized spacial score (nSPS) is 11.7. The van der Waals surface area contributed by atoms with E-state index >= 15 is 0 Å². The minimum atomic E-state index is 0.0977. The molecule has 2 aromatic carbocycles. The van der Waals surface area contributed by atoms with Gasteiger partial charge in [0.25, 0.3) is 0 Å². The number of ether oxygens (including phenoxy) is 2. The summed E-state index contributed by atoms with van der Waals surface area (Å²) in [5.41, 5.74) is 1.11. The Hall–Kier alpha value is -3.02. The van der Waals surface area contributed by atoms with E-state index in [-0.39, 0.29) is 11.5 Å². The van der Waals surface area contributed by atoms with Crippen LogP contribution in [0.25, 0.3) is 0 Å². The molecular formula is C46H76N2O4. The molecule has 0 saturated heterocycles. The van der Waals surface area contributed by atoms with E-state index in [1.807, 2.05) is 12.1 Å². The van der Waals surface area contributed by atoms with Crippen molar-refractivity contribution < 1.29 is 19.7 Å². The van der Waals surface area contributed by atoms with Crippen LogP contribution in [-0.2, 0) is 0 Å². The summed E-state index contributed by atoms with van der Waals surface area (Å²) in [6, 6.07) is 10.5. The lowest BCUT2D eigenvalue weighted by atomic mass is 10.0. The van der Waals surface area contributed by atoms with Gasteiger partial charge in [0.2, 0.25) is 0 Å². The van der Waals surface area contributed by atoms with Crippen molar-refractivity contribution in [2.45, 2.75) is 194 Å². The molecule has 0 spiro atoms. The minimum Gasteiger partial charge on any atom is -0.507 e. The summed E-state index contributed by atoms with van der Waals surface area (Å²) in [7, 11) is 0. The summed E-state index contributed by atoms with van der Waals surface area (Å²) >= 11 is 0. The van der Waals surface area contributed by atoms with Crippen molar-refractivity contribution in [3.05, 3.63) is 47.5 Å². The Bertz CT molecular complexity index is 1090. The van der Waals surface area contributed by atoms with Gasteiger partial charge in [-0.2, -0.15) is 10.2 Å². The predicted molar refractivity (Wildman–Crippen MR) is 223 cm³/mol. The van der Waals surface area contributed by atoms with Crippen LogP contribution in [0, 0.1) is 0 Å². The second kappa shape index (κ2) is 32.6. The average molecular weight is 721 g/mol. The zero-order chi connectivity index (χ0) is 37.2. The topological polar surface area (TPSA) is 83.6 Å². The van der Waals surface area contributed by atoms with Crippen LogP contribution >= 0.6 is 0 Å². The Morgan fingerprint density at radius 3 is 0.942 bits per heavy atom. The van der Waals surface area contributed by atoms with E-state index in [1.54, 1.807) is 24.3 Å². The fourth-order valence-corrected chi connectivity index (χ4v) is 6.61. The van der Waals surface area contributed by atoms with Crippen molar-refractivity contribution in [3.8, 4) is 23.0 Å². The Balaban J connectivity index is 1.50. The van der Waals surface area contributed by atoms with Gasteiger partial charge in [-0.3, -0.25) is 0 Å². The molecule has 0 aliphatic rings. The maximum absolute atomic E-state index is 10.4. The molecule has 0 amide bonds. The highest BCUT2D eigenvalue weighted by Gasteiger charge is 2.04. The third kappa shape index (κ3) is 24.3. The van der Waals surface area contributed by atoms with Gasteiger partial charge >= 0.3 is 0 Å². The molecule has 6 heteroatoms. The molecule has 2 rings (SSSR count). The first kappa shape index (κ1) is 45.1. The highest BCUT2D eigenvalue weighted by atomic mass is 16.5. The molecule has 0 saturated carbocycles. The first-order valence-corrected chi connectivity index (χ1v) is 21.6. The monoisotopic (exact) mass is 721 g/mol. The van der Waals surface area contributed by atoms with Crippen molar-refractivity contribution in [3.63, 3.8) is 0 Å². The molecule has 0 aliphatic heterocycles. The number of benzene rings is 2. The van der Waals surface area contributed by atoms with Gasteiger partial charge in [0.1, 0.15) is 23.0 Å². The Morgan fingerprint density at radius 1 is 0.404 bits per heavy atom. The van der Waals surface area contributed by atoms with Crippen LogP contribution < -0.4 is 9.47 Å². The van der Waals surface area contributed by atoms with Gasteiger partial charge in [-0.15, -0.1) is 0 Å². The van der Waals surface area contributed by atoms with Crippen LogP contribution in [0.5, 0.6) is 23.0 Å². The molecule has 2 aromatic rings. The summed E-state index contributed by atoms with van der Waals surface area (Å²) in [6.45, 7) is 5.86. The first-order valence-electron chi connectivity index (χ1n) is 21.6. The smallest absolute Gasteiger partial charge is 0.128 e. The highest BCUT2D eigenvalue weighted by Crippen LogP contribution is 2.24. The average Bonchev–Trinajstić information content (AvgIpc) is 3.14. The molecule has 2 N–H and O–H groups in total. The first-order chi connectivity index (χ1) is 25.6. The van der Waals surface area contributed by atoms with Gasteiger partial charge in [0.15, 0.2) is 0 Å². The lowest BCUT2D eigenvalue weighted by Crippen LogP contribution is -1.98. The zero-order valence-electron chi connectivity index (χ0n) is 33.4. The molecule has 52 heavy (non-hydrogen) atoms. The predicted octanol–water partition coefficient (Wildman–Crippen LogP) is 14.3. The zero-order valence-corrected chi connectivity index (χ0v) is 33.4. The molecule has 0 bridgehead atoms. The number of aromatic hydroxyl groups is 2. The van der Waals surface area contributed by atoms with Gasteiger partial charge < -0.3 is 19.7 Å². The van der Waals surface area contributed by atoms with E-state index in [4.69, 9.17) is 9.47 Å². The summed E-state index contributed by atoms with van der Waals surface area (Å²) in [4.78, 5) is 0. The van der Waals surface area contributed by atoms with E-state index in [9.17, 15) is 10.2 Å². The quantitative estimate of drug-likeness (QED) is 0.0422. The van der Waals surface area contributed by atoms with Gasteiger partial charge in [-0.25, -0.2) is 0 Å². The standard InChI is InChI=1S/C46H76N2O4/c1-3-5-7-9-11-13-15-17-19-21-23-25-27-29-35-51-43-33-31-41(45(49)37-43)39-47-48-40-42-32-34-44(38-46(42)50)52-36-30-28-26-24-22-20-18-16-14-12-10-8-6-4-2/h31-34,37-40,49-50H,3-30,35-36H2,1-2H3/b47-39+,48-40+. The number of rotatable bonds is 35. The Labute approximate surface area is 318 Å². The third-order valence-corrected chi connectivity index (χ3v) is 10.00. The van der Waals surface area contributed by atoms with Gasteiger partial charge in [-0.05, 0) is 37.1 Å². The van der Waals surface area contributed by atoms with E-state index in [0.717, 1.165) is 12.8 Å². The van der Waals surface area contributed by atoms with Crippen molar-refractivity contribution in [1.82, 2.24) is 0 Å². The number of hydrogen-bond donors (Lipinski definition) is 2. The van der Waals surface area contributed by atoms with Crippen LogP contribution in [0.1, 0.15) is 205 Å². The number of hydrogen-bond acceptors (Lipinski definition) is 6. The van der Waals surface area contributed by atoms with Crippen LogP contribution in [0.3, 0.4) is 0 Å². The molecule has 0 fully saturated rings. The summed E-state index contributed by atoms with van der Waals surface area (Å²) in [6.07, 6.45) is 40.3. The highest BCUT2D eigenvalue weighted by molar-refractivity contribution is 5.86. The van der Waals surface area contributed by atoms with Crippen LogP contribution in [0.15, 0.2) is 46.6 Å². The fourth-order valence-electron chi connectivity index (χ4n) is 6.61. The van der Waals surface area contributed by atoms with Gasteiger partial charge in [-0.1, -0.05) is 181 Å². The maximum atomic E-state index is 10.4. The number of unbranched alkanes of at least 4 members (excludes halogenated alkanes) is 26. The molecule has 6 nitrogen and oxygen atoms in total. The van der Waals surface area contributed by atoms with E-state index in [0.29, 0.717) is 35.8 Å². The molecule has 0 atom stereocenters. The van der Waals surface area contributed by atoms with Crippen LogP contribution in [0.2, 0.25) is 0 Å². The maximum Gasteiger partial charge on any atom is 0.128 e. The second-order valence-electron chi connectivity index (χ2n) is 14.8. The molecule has 0 aliphatic carbocycles. The van der Waals surface area contributed by atoms with Crippen molar-refractivity contribution >= 4 is 12.4 Å². The summed E-state index contributed by atoms with van der Waals surface area (Å²) in [5.74, 6) is 1.51. The molecule has 0 heterocycles. The Kier molecular flexibility index (Phi) is 28.3. The fraction of sp³-hybridized carbons (Fsp3) is 0.696.